The molecule has 0 bridgehead atoms. The number of rotatable bonds is 2. The zero-order valence-corrected chi connectivity index (χ0v) is 8.03. The van der Waals surface area contributed by atoms with E-state index < -0.39 is 5.97 Å². The first-order chi connectivity index (χ1) is 6.49. The molecule has 0 unspecified atom stereocenters. The maximum Gasteiger partial charge on any atom is 0.339 e. The number of carbonyl (C=O) groups is 1. The van der Waals surface area contributed by atoms with Crippen molar-refractivity contribution >= 4 is 5.97 Å². The van der Waals surface area contributed by atoms with Crippen LogP contribution in [0.2, 0.25) is 0 Å². The molecular weight excluding hydrogens is 184 g/mol. The van der Waals surface area contributed by atoms with Crippen molar-refractivity contribution in [1.29, 1.82) is 5.41 Å². The lowest BCUT2D eigenvalue weighted by molar-refractivity contribution is 0.0684. The molecule has 14 heavy (non-hydrogen) atoms. The topological polar surface area (TPSA) is 86.3 Å². The quantitative estimate of drug-likeness (QED) is 0.611. The van der Waals surface area contributed by atoms with Gasteiger partial charge in [-0.25, -0.2) is 4.79 Å². The molecule has 5 nitrogen and oxygen atoms in total. The highest BCUT2D eigenvalue weighted by atomic mass is 16.5. The van der Waals surface area contributed by atoms with E-state index in [9.17, 15) is 10.0 Å². The van der Waals surface area contributed by atoms with Crippen molar-refractivity contribution in [1.82, 2.24) is 4.73 Å². The Hall–Kier alpha value is -1.78. The van der Waals surface area contributed by atoms with E-state index >= 15 is 0 Å². The molecule has 0 radical (unpaired) electrons. The molecule has 0 amide bonds. The van der Waals surface area contributed by atoms with Gasteiger partial charge in [-0.05, 0) is 25.0 Å². The van der Waals surface area contributed by atoms with Gasteiger partial charge in [-0.15, -0.1) is 0 Å². The van der Waals surface area contributed by atoms with Crippen molar-refractivity contribution in [3.8, 4) is 0 Å². The van der Waals surface area contributed by atoms with Crippen LogP contribution in [-0.2, 0) is 6.42 Å². The number of carboxylic acids is 1. The Morgan fingerprint density at radius 3 is 2.64 bits per heavy atom. The summed E-state index contributed by atoms with van der Waals surface area (Å²) in [7, 11) is 0. The van der Waals surface area contributed by atoms with Crippen LogP contribution in [0, 0.1) is 12.3 Å². The smallest absolute Gasteiger partial charge is 0.339 e. The van der Waals surface area contributed by atoms with Gasteiger partial charge in [0.25, 0.3) is 0 Å². The lowest BCUT2D eigenvalue weighted by Gasteiger charge is -2.09. The van der Waals surface area contributed by atoms with Crippen molar-refractivity contribution in [3.63, 3.8) is 0 Å². The minimum absolute atomic E-state index is 0.138. The van der Waals surface area contributed by atoms with Gasteiger partial charge in [0, 0.05) is 0 Å². The summed E-state index contributed by atoms with van der Waals surface area (Å²) in [5, 5.41) is 25.6. The monoisotopic (exact) mass is 196 g/mol. The molecule has 76 valence electrons. The highest BCUT2D eigenvalue weighted by Gasteiger charge is 2.14. The number of carboxylic acid groups (broad SMARTS) is 1. The van der Waals surface area contributed by atoms with Gasteiger partial charge < -0.3 is 10.3 Å². The van der Waals surface area contributed by atoms with Crippen LogP contribution < -0.4 is 5.49 Å². The van der Waals surface area contributed by atoms with Crippen molar-refractivity contribution < 1.29 is 15.1 Å². The van der Waals surface area contributed by atoms with E-state index in [2.05, 4.69) is 0 Å². The summed E-state index contributed by atoms with van der Waals surface area (Å²) in [6.45, 7) is 3.42. The van der Waals surface area contributed by atoms with Gasteiger partial charge in [0.1, 0.15) is 5.56 Å². The minimum Gasteiger partial charge on any atom is -0.478 e. The van der Waals surface area contributed by atoms with E-state index in [1.54, 1.807) is 13.0 Å². The Morgan fingerprint density at radius 1 is 1.64 bits per heavy atom. The maximum atomic E-state index is 10.8. The third-order valence-corrected chi connectivity index (χ3v) is 2.08. The predicted octanol–water partition coefficient (Wildman–Crippen LogP) is 0.774. The number of nitrogens with zero attached hydrogens (tertiary/aromatic N) is 1. The van der Waals surface area contributed by atoms with Crippen molar-refractivity contribution in [2.75, 3.05) is 0 Å². The molecule has 0 atom stereocenters. The van der Waals surface area contributed by atoms with E-state index in [-0.39, 0.29) is 11.1 Å². The molecule has 0 aliphatic rings. The minimum atomic E-state index is -1.19. The van der Waals surface area contributed by atoms with Gasteiger partial charge in [-0.2, -0.15) is 4.73 Å². The summed E-state index contributed by atoms with van der Waals surface area (Å²) in [6, 6.07) is 1.57. The van der Waals surface area contributed by atoms with Crippen LogP contribution in [0.25, 0.3) is 0 Å². The third kappa shape index (κ3) is 1.48. The van der Waals surface area contributed by atoms with E-state index in [4.69, 9.17) is 10.5 Å². The number of hydrogen-bond donors (Lipinski definition) is 3. The van der Waals surface area contributed by atoms with Crippen LogP contribution in [0.4, 0.5) is 0 Å². The predicted molar refractivity (Wildman–Crippen MR) is 48.5 cm³/mol. The second-order valence-corrected chi connectivity index (χ2v) is 3.01. The summed E-state index contributed by atoms with van der Waals surface area (Å²) in [5.74, 6) is -1.19. The lowest BCUT2D eigenvalue weighted by atomic mass is 10.1. The molecule has 1 heterocycles. The number of pyridine rings is 1. The summed E-state index contributed by atoms with van der Waals surface area (Å²) in [5.41, 5.74) is 0.497. The largest absolute Gasteiger partial charge is 0.478 e. The molecule has 0 aliphatic carbocycles. The number of aromatic carboxylic acids is 1. The molecule has 1 rings (SSSR count). The van der Waals surface area contributed by atoms with Crippen molar-refractivity contribution in [2.45, 2.75) is 20.3 Å². The molecule has 3 N–H and O–H groups in total. The van der Waals surface area contributed by atoms with Crippen LogP contribution in [-0.4, -0.2) is 21.0 Å². The fourth-order valence-corrected chi connectivity index (χ4v) is 1.34. The molecular formula is C9H12N2O3. The summed E-state index contributed by atoms with van der Waals surface area (Å²) in [6.07, 6.45) is 0.523. The van der Waals surface area contributed by atoms with Gasteiger partial charge in [0.15, 0.2) is 5.49 Å². The highest BCUT2D eigenvalue weighted by molar-refractivity contribution is 5.88. The molecule has 0 fully saturated rings. The van der Waals surface area contributed by atoms with E-state index in [0.717, 1.165) is 0 Å². The fourth-order valence-electron chi connectivity index (χ4n) is 1.34. The number of nitrogens with one attached hydrogen (secondary N) is 1. The van der Waals surface area contributed by atoms with Gasteiger partial charge in [-0.3, -0.25) is 5.41 Å². The molecule has 0 saturated heterocycles. The molecule has 5 heteroatoms. The number of aryl methyl sites for hydroxylation is 2. The number of hydrogen-bond acceptors (Lipinski definition) is 3. The van der Waals surface area contributed by atoms with Crippen LogP contribution in [0.3, 0.4) is 0 Å². The molecule has 1 aromatic rings. The van der Waals surface area contributed by atoms with Gasteiger partial charge in [-0.1, -0.05) is 6.92 Å². The van der Waals surface area contributed by atoms with Gasteiger partial charge >= 0.3 is 5.97 Å². The Kier molecular flexibility index (Phi) is 2.60. The third-order valence-electron chi connectivity index (χ3n) is 2.08. The Labute approximate surface area is 80.7 Å². The zero-order valence-electron chi connectivity index (χ0n) is 8.03. The Balaban J connectivity index is 3.62. The first-order valence-corrected chi connectivity index (χ1v) is 4.21. The van der Waals surface area contributed by atoms with E-state index in [0.29, 0.717) is 22.4 Å². The first kappa shape index (κ1) is 10.3. The van der Waals surface area contributed by atoms with E-state index in [1.165, 1.54) is 0 Å². The zero-order chi connectivity index (χ0) is 10.9. The van der Waals surface area contributed by atoms with Gasteiger partial charge in [0.2, 0.25) is 0 Å². The van der Waals surface area contributed by atoms with Crippen LogP contribution >= 0.6 is 0 Å². The van der Waals surface area contributed by atoms with E-state index in [1.807, 2.05) is 6.92 Å². The Morgan fingerprint density at radius 2 is 2.21 bits per heavy atom. The maximum absolute atomic E-state index is 10.8. The lowest BCUT2D eigenvalue weighted by Crippen LogP contribution is -2.28. The molecule has 1 aromatic heterocycles. The molecule has 0 saturated carbocycles. The van der Waals surface area contributed by atoms with Crippen LogP contribution in [0.5, 0.6) is 0 Å². The highest BCUT2D eigenvalue weighted by Crippen LogP contribution is 2.07. The summed E-state index contributed by atoms with van der Waals surface area (Å²) >= 11 is 0. The number of aromatic nitrogens is 1. The molecule has 0 spiro atoms. The molecule has 0 aromatic carbocycles. The van der Waals surface area contributed by atoms with Crippen LogP contribution in [0.1, 0.15) is 28.5 Å². The summed E-state index contributed by atoms with van der Waals surface area (Å²) in [4.78, 5) is 10.8. The average molecular weight is 196 g/mol. The first-order valence-electron chi connectivity index (χ1n) is 4.21. The van der Waals surface area contributed by atoms with Gasteiger partial charge in [0.05, 0.1) is 5.69 Å². The van der Waals surface area contributed by atoms with Crippen molar-refractivity contribution in [2.24, 2.45) is 0 Å². The SMILES string of the molecule is CCc1cc(C)n(O)c(=N)c1C(=O)O. The summed E-state index contributed by atoms with van der Waals surface area (Å²) < 4.78 is 0.572. The second kappa shape index (κ2) is 3.53. The van der Waals surface area contributed by atoms with Crippen molar-refractivity contribution in [3.05, 3.63) is 28.4 Å². The molecule has 0 aliphatic heterocycles. The average Bonchev–Trinajstić information content (AvgIpc) is 2.12. The van der Waals surface area contributed by atoms with Crippen LogP contribution in [0.15, 0.2) is 6.07 Å². The fraction of sp³-hybridized carbons (Fsp3) is 0.333. The second-order valence-electron chi connectivity index (χ2n) is 3.01. The standard InChI is InChI=1S/C9H12N2O3/c1-3-6-4-5(2)11(14)8(10)7(6)9(12)13/h4,10,14H,3H2,1-2H3,(H,12,13). The normalized spacial score (nSPS) is 10.1. The Bertz CT molecular complexity index is 434.